The molecule has 1 fully saturated rings. The molecule has 1 aromatic rings. The van der Waals surface area contributed by atoms with Crippen molar-refractivity contribution in [2.45, 2.75) is 31.1 Å². The van der Waals surface area contributed by atoms with E-state index in [1.807, 2.05) is 7.05 Å². The Balaban J connectivity index is 1.85. The average molecular weight is 289 g/mol. The normalized spacial score (nSPS) is 17.1. The van der Waals surface area contributed by atoms with Crippen molar-refractivity contribution in [1.29, 1.82) is 0 Å². The van der Waals surface area contributed by atoms with Gasteiger partial charge in [-0.15, -0.1) is 0 Å². The quantitative estimate of drug-likeness (QED) is 0.460. The van der Waals surface area contributed by atoms with Gasteiger partial charge in [0.15, 0.2) is 5.96 Å². The van der Waals surface area contributed by atoms with Crippen LogP contribution in [-0.4, -0.2) is 39.8 Å². The van der Waals surface area contributed by atoms with Gasteiger partial charge in [-0.25, -0.2) is 0 Å². The molecule has 1 saturated carbocycles. The van der Waals surface area contributed by atoms with Gasteiger partial charge in [0.2, 0.25) is 0 Å². The molecule has 0 amide bonds. The van der Waals surface area contributed by atoms with Gasteiger partial charge in [-0.1, -0.05) is 36.8 Å². The van der Waals surface area contributed by atoms with Crippen molar-refractivity contribution in [3.05, 3.63) is 35.9 Å². The fourth-order valence-electron chi connectivity index (χ4n) is 2.86. The van der Waals surface area contributed by atoms with Crippen molar-refractivity contribution in [3.63, 3.8) is 0 Å². The first-order valence-electron chi connectivity index (χ1n) is 7.80. The third-order valence-corrected chi connectivity index (χ3v) is 4.33. The van der Waals surface area contributed by atoms with E-state index in [1.54, 1.807) is 7.11 Å². The monoisotopic (exact) mass is 289 g/mol. The van der Waals surface area contributed by atoms with E-state index in [1.165, 1.54) is 24.8 Å². The molecular weight excluding hydrogens is 262 g/mol. The van der Waals surface area contributed by atoms with E-state index in [0.29, 0.717) is 0 Å². The van der Waals surface area contributed by atoms with Crippen LogP contribution in [0.1, 0.15) is 31.2 Å². The van der Waals surface area contributed by atoms with Crippen LogP contribution in [0.4, 0.5) is 0 Å². The zero-order valence-corrected chi connectivity index (χ0v) is 13.2. The maximum atomic E-state index is 5.06. The Morgan fingerprint density at radius 3 is 2.57 bits per heavy atom. The number of rotatable bonds is 7. The molecule has 0 radical (unpaired) electrons. The largest absolute Gasteiger partial charge is 0.385 e. The van der Waals surface area contributed by atoms with Crippen molar-refractivity contribution in [3.8, 4) is 0 Å². The Bertz CT molecular complexity index is 441. The van der Waals surface area contributed by atoms with Gasteiger partial charge in [0.25, 0.3) is 0 Å². The number of hydrogen-bond acceptors (Lipinski definition) is 2. The van der Waals surface area contributed by atoms with Crippen LogP contribution in [0.2, 0.25) is 0 Å². The number of nitrogens with zero attached hydrogens (tertiary/aromatic N) is 1. The summed E-state index contributed by atoms with van der Waals surface area (Å²) in [5.74, 6) is 0.883. The SMILES string of the molecule is CN=C(NCCCOC)NCC1(c2ccccc2)CCC1. The van der Waals surface area contributed by atoms with Crippen LogP contribution < -0.4 is 10.6 Å². The third kappa shape index (κ3) is 4.21. The minimum Gasteiger partial charge on any atom is -0.385 e. The first-order chi connectivity index (χ1) is 10.3. The summed E-state index contributed by atoms with van der Waals surface area (Å²) in [6.07, 6.45) is 4.81. The Hall–Kier alpha value is -1.55. The van der Waals surface area contributed by atoms with Crippen LogP contribution in [-0.2, 0) is 10.2 Å². The molecule has 4 heteroatoms. The minimum atomic E-state index is 0.283. The second-order valence-corrected chi connectivity index (χ2v) is 5.70. The Labute approximate surface area is 128 Å². The summed E-state index contributed by atoms with van der Waals surface area (Å²) in [4.78, 5) is 4.29. The van der Waals surface area contributed by atoms with Gasteiger partial charge in [-0.3, -0.25) is 4.99 Å². The summed E-state index contributed by atoms with van der Waals surface area (Å²) in [5.41, 5.74) is 1.73. The first kappa shape index (κ1) is 15.8. The van der Waals surface area contributed by atoms with Crippen molar-refractivity contribution in [2.75, 3.05) is 33.9 Å². The highest BCUT2D eigenvalue weighted by Crippen LogP contribution is 2.43. The fourth-order valence-corrected chi connectivity index (χ4v) is 2.86. The standard InChI is InChI=1S/C17H27N3O/c1-18-16(19-12-7-13-21-2)20-14-17(10-6-11-17)15-8-4-3-5-9-15/h3-5,8-9H,6-7,10-14H2,1-2H3,(H2,18,19,20). The van der Waals surface area contributed by atoms with Gasteiger partial charge >= 0.3 is 0 Å². The van der Waals surface area contributed by atoms with Crippen molar-refractivity contribution >= 4 is 5.96 Å². The number of hydrogen-bond donors (Lipinski definition) is 2. The number of benzene rings is 1. The van der Waals surface area contributed by atoms with E-state index in [-0.39, 0.29) is 5.41 Å². The lowest BCUT2D eigenvalue weighted by Crippen LogP contribution is -2.49. The highest BCUT2D eigenvalue weighted by molar-refractivity contribution is 5.79. The summed E-state index contributed by atoms with van der Waals surface area (Å²) >= 11 is 0. The summed E-state index contributed by atoms with van der Waals surface area (Å²) in [7, 11) is 3.55. The Kier molecular flexibility index (Phi) is 6.05. The molecule has 1 aliphatic carbocycles. The van der Waals surface area contributed by atoms with E-state index in [4.69, 9.17) is 4.74 Å². The molecule has 0 aliphatic heterocycles. The van der Waals surface area contributed by atoms with Crippen molar-refractivity contribution < 1.29 is 4.74 Å². The highest BCUT2D eigenvalue weighted by Gasteiger charge is 2.38. The number of aliphatic imine (C=N–C) groups is 1. The second kappa shape index (κ2) is 8.03. The van der Waals surface area contributed by atoms with E-state index in [2.05, 4.69) is 46.0 Å². The molecular formula is C17H27N3O. The molecule has 0 spiro atoms. The number of ether oxygens (including phenoxy) is 1. The molecule has 1 aliphatic rings. The predicted octanol–water partition coefficient (Wildman–Crippen LogP) is 2.31. The molecule has 0 heterocycles. The van der Waals surface area contributed by atoms with Gasteiger partial charge in [0.1, 0.15) is 0 Å². The predicted molar refractivity (Wildman–Crippen MR) is 87.8 cm³/mol. The third-order valence-electron chi connectivity index (χ3n) is 4.33. The van der Waals surface area contributed by atoms with E-state index in [9.17, 15) is 0 Å². The molecule has 0 saturated heterocycles. The number of nitrogens with one attached hydrogen (secondary N) is 2. The van der Waals surface area contributed by atoms with Crippen LogP contribution in [0, 0.1) is 0 Å². The summed E-state index contributed by atoms with van der Waals surface area (Å²) in [6.45, 7) is 2.60. The van der Waals surface area contributed by atoms with E-state index < -0.39 is 0 Å². The topological polar surface area (TPSA) is 45.7 Å². The van der Waals surface area contributed by atoms with Gasteiger partial charge in [-0.05, 0) is 24.8 Å². The molecule has 2 rings (SSSR count). The lowest BCUT2D eigenvalue weighted by molar-refractivity contribution is 0.195. The minimum absolute atomic E-state index is 0.283. The second-order valence-electron chi connectivity index (χ2n) is 5.70. The van der Waals surface area contributed by atoms with Gasteiger partial charge in [0, 0.05) is 39.3 Å². The first-order valence-corrected chi connectivity index (χ1v) is 7.80. The summed E-state index contributed by atoms with van der Waals surface area (Å²) in [5, 5.41) is 6.82. The molecule has 2 N–H and O–H groups in total. The molecule has 0 aromatic heterocycles. The lowest BCUT2D eigenvalue weighted by atomic mass is 9.64. The summed E-state index contributed by atoms with van der Waals surface area (Å²) < 4.78 is 5.06. The highest BCUT2D eigenvalue weighted by atomic mass is 16.5. The zero-order valence-electron chi connectivity index (χ0n) is 13.2. The van der Waals surface area contributed by atoms with Crippen LogP contribution in [0.15, 0.2) is 35.3 Å². The number of guanidine groups is 1. The van der Waals surface area contributed by atoms with Gasteiger partial charge < -0.3 is 15.4 Å². The fraction of sp³-hybridized carbons (Fsp3) is 0.588. The van der Waals surface area contributed by atoms with Crippen LogP contribution in [0.25, 0.3) is 0 Å². The van der Waals surface area contributed by atoms with E-state index in [0.717, 1.165) is 32.1 Å². The van der Waals surface area contributed by atoms with Gasteiger partial charge in [0.05, 0.1) is 0 Å². The molecule has 0 atom stereocenters. The zero-order chi connectivity index (χ0) is 15.0. The molecule has 116 valence electrons. The maximum Gasteiger partial charge on any atom is 0.191 e. The van der Waals surface area contributed by atoms with Crippen LogP contribution >= 0.6 is 0 Å². The molecule has 4 nitrogen and oxygen atoms in total. The van der Waals surface area contributed by atoms with Crippen molar-refractivity contribution in [2.24, 2.45) is 4.99 Å². The lowest BCUT2D eigenvalue weighted by Gasteiger charge is -2.43. The smallest absolute Gasteiger partial charge is 0.191 e. The van der Waals surface area contributed by atoms with Crippen LogP contribution in [0.3, 0.4) is 0 Å². The van der Waals surface area contributed by atoms with E-state index >= 15 is 0 Å². The average Bonchev–Trinajstić information content (AvgIpc) is 2.49. The number of methoxy groups -OCH3 is 1. The molecule has 0 unspecified atom stereocenters. The Morgan fingerprint density at radius 2 is 2.00 bits per heavy atom. The maximum absolute atomic E-state index is 5.06. The molecule has 0 bridgehead atoms. The van der Waals surface area contributed by atoms with Crippen LogP contribution in [0.5, 0.6) is 0 Å². The Morgan fingerprint density at radius 1 is 1.24 bits per heavy atom. The summed E-state index contributed by atoms with van der Waals surface area (Å²) in [6, 6.07) is 10.8. The van der Waals surface area contributed by atoms with Gasteiger partial charge in [-0.2, -0.15) is 0 Å². The molecule has 21 heavy (non-hydrogen) atoms. The van der Waals surface area contributed by atoms with Crippen molar-refractivity contribution in [1.82, 2.24) is 10.6 Å². The molecule has 1 aromatic carbocycles.